The molecule has 6 atom stereocenters. The van der Waals surface area contributed by atoms with Crippen LogP contribution in [0.15, 0.2) is 322 Å². The largest absolute Gasteiger partial charge is 0.444 e. The molecule has 14 N–H and O–H groups in total. The minimum Gasteiger partial charge on any atom is -0.444 e. The summed E-state index contributed by atoms with van der Waals surface area (Å²) >= 11 is 4.30. The number of aliphatic hydroxyl groups excluding tert-OH is 4. The second kappa shape index (κ2) is 73.8. The van der Waals surface area contributed by atoms with Crippen molar-refractivity contribution < 1.29 is 83.8 Å². The number of benzene rings is 7. The summed E-state index contributed by atoms with van der Waals surface area (Å²) in [5.74, 6) is -0.0709. The van der Waals surface area contributed by atoms with E-state index >= 15 is 0 Å². The number of oxime groups is 2. The maximum atomic E-state index is 12.3. The molecule has 10 rings (SSSR count). The molecule has 0 aliphatic carbocycles. The Morgan fingerprint density at radius 2 is 0.881 bits per heavy atom. The highest BCUT2D eigenvalue weighted by Gasteiger charge is 2.36. The molecule has 26 nitrogen and oxygen atoms in total. The summed E-state index contributed by atoms with van der Waals surface area (Å²) in [7, 11) is 0. The summed E-state index contributed by atoms with van der Waals surface area (Å²) in [6.07, 6.45) is 25.2. The van der Waals surface area contributed by atoms with Crippen LogP contribution in [0.4, 0.5) is 14.4 Å². The number of nitrogens with zero attached hydrogens (tertiary/aromatic N) is 3. The van der Waals surface area contributed by atoms with Gasteiger partial charge in [-0.1, -0.05) is 271 Å². The van der Waals surface area contributed by atoms with E-state index < -0.39 is 53.0 Å². The summed E-state index contributed by atoms with van der Waals surface area (Å²) < 4.78 is 15.3. The van der Waals surface area contributed by atoms with Crippen LogP contribution in [0.5, 0.6) is 0 Å². The van der Waals surface area contributed by atoms with E-state index in [1.165, 1.54) is 50.2 Å². The van der Waals surface area contributed by atoms with Gasteiger partial charge >= 0.3 is 18.3 Å². The van der Waals surface area contributed by atoms with Crippen molar-refractivity contribution in [2.24, 2.45) is 21.0 Å². The van der Waals surface area contributed by atoms with Crippen molar-refractivity contribution in [1.82, 2.24) is 26.3 Å². The molecular weight excluding hydrogens is 1830 g/mol. The van der Waals surface area contributed by atoms with Gasteiger partial charge in [0.1, 0.15) is 34.9 Å². The molecule has 3 aliphatic rings. The van der Waals surface area contributed by atoms with Crippen molar-refractivity contribution in [3.63, 3.8) is 0 Å². The Hall–Kier alpha value is -12.2. The predicted octanol–water partition coefficient (Wildman–Crippen LogP) is 21.1. The van der Waals surface area contributed by atoms with Gasteiger partial charge in [-0.15, -0.1) is 11.6 Å². The molecule has 1 saturated heterocycles. The third-order valence-electron chi connectivity index (χ3n) is 21.5. The number of nitrogens with two attached hydrogens (primary N) is 1. The molecule has 1 fully saturated rings. The van der Waals surface area contributed by atoms with Crippen LogP contribution in [0.1, 0.15) is 220 Å². The van der Waals surface area contributed by atoms with E-state index in [1.807, 2.05) is 278 Å². The average molecular weight is 1990 g/mol. The normalized spacial score (nSPS) is 16.4. The minimum atomic E-state index is -1.07. The number of nitrogens with one attached hydrogen (secondary N) is 5. The SMILES string of the molecule is C=CCCNC(=O)OC(C)(C)C.CC=C(/C=N/O)Cc1ccccc1.CC=C(C=O)Cc1ccccc1.CC=C(Cc1ccccc1)C(=O)CC(O)CCN.CC=C(Cc1ccccc1)C(=O)CC(O)CCNC(=O)OC(C)(C)C.CC=C(Cc1ccccc1)C1(O)CC(O)CCN1.CC=C(Cc1ccccc1)C1=NCCC(O)C1.CC=C(Cc1ccccc1)C1=NOC(CCNC(=O)OC(C)(C)C)C1.ONCl. The first-order valence-electron chi connectivity index (χ1n) is 49.0. The number of allylic oxidation sites excluding steroid dienone is 13. The number of piperidine rings is 1. The van der Waals surface area contributed by atoms with E-state index in [9.17, 15) is 54.3 Å². The second-order valence-electron chi connectivity index (χ2n) is 36.8. The third kappa shape index (κ3) is 60.8. The molecule has 6 unspecified atom stereocenters. The number of aliphatic imine (C=N–C) groups is 1. The maximum absolute atomic E-state index is 12.3. The van der Waals surface area contributed by atoms with Crippen LogP contribution in [-0.2, 0) is 78.4 Å². The van der Waals surface area contributed by atoms with Gasteiger partial charge in [0.15, 0.2) is 11.6 Å². The Morgan fingerprint density at radius 3 is 1.23 bits per heavy atom. The molecule has 0 saturated carbocycles. The number of alkyl carbamates (subject to hydrolysis) is 3. The van der Waals surface area contributed by atoms with Gasteiger partial charge in [0.05, 0.1) is 36.3 Å². The third-order valence-corrected chi connectivity index (χ3v) is 21.5. The van der Waals surface area contributed by atoms with Crippen LogP contribution < -0.4 is 32.0 Å². The van der Waals surface area contributed by atoms with Gasteiger partial charge in [-0.3, -0.25) is 24.7 Å². The minimum absolute atomic E-state index is 0.00213. The maximum Gasteiger partial charge on any atom is 0.407 e. The summed E-state index contributed by atoms with van der Waals surface area (Å²) in [6, 6.07) is 70.4. The molecule has 3 heterocycles. The lowest BCUT2D eigenvalue weighted by molar-refractivity contribution is -0.118. The quantitative estimate of drug-likeness (QED) is 0.00200. The highest BCUT2D eigenvalue weighted by molar-refractivity contribution is 6.12. The number of Topliss-reactive ketones (excluding diaryl/α,β-unsaturated/α-hetero) is 2. The van der Waals surface area contributed by atoms with Crippen molar-refractivity contribution in [3.8, 4) is 0 Å². The summed E-state index contributed by atoms with van der Waals surface area (Å²) in [5.41, 5.74) is 19.8. The number of aldehydes is 1. The molecule has 0 bridgehead atoms. The van der Waals surface area contributed by atoms with Crippen molar-refractivity contribution in [3.05, 3.63) is 345 Å². The zero-order valence-corrected chi connectivity index (χ0v) is 87.8. The molecule has 27 heteroatoms. The number of hydrogen-bond acceptors (Lipinski definition) is 23. The number of carbonyl (C=O) groups is 6. The monoisotopic (exact) mass is 1990 g/mol. The second-order valence-corrected chi connectivity index (χ2v) is 37.0. The molecule has 0 spiro atoms. The van der Waals surface area contributed by atoms with Gasteiger partial charge in [0.25, 0.3) is 0 Å². The Bertz CT molecular complexity index is 5070. The Balaban J connectivity index is 0.000000557. The first kappa shape index (κ1) is 127. The Morgan fingerprint density at radius 1 is 0.510 bits per heavy atom. The van der Waals surface area contributed by atoms with Crippen LogP contribution >= 0.6 is 11.8 Å². The highest BCUT2D eigenvalue weighted by atomic mass is 35.5. The molecule has 3 aliphatic heterocycles. The summed E-state index contributed by atoms with van der Waals surface area (Å²) in [4.78, 5) is 80.2. The zero-order chi connectivity index (χ0) is 106. The average Bonchev–Trinajstić information content (AvgIpc) is 1.65. The number of aliphatic hydroxyl groups is 5. The molecular formula is C116H162ClN9O17. The number of halogens is 1. The fourth-order valence-electron chi connectivity index (χ4n) is 14.1. The number of hydrogen-bond donors (Lipinski definition) is 13. The van der Waals surface area contributed by atoms with E-state index in [0.717, 1.165) is 103 Å². The predicted molar refractivity (Wildman–Crippen MR) is 579 cm³/mol. The number of amides is 3. The first-order chi connectivity index (χ1) is 68.3. The van der Waals surface area contributed by atoms with Crippen molar-refractivity contribution in [1.29, 1.82) is 0 Å². The lowest BCUT2D eigenvalue weighted by Crippen LogP contribution is -2.54. The first-order valence-corrected chi connectivity index (χ1v) is 49.4. The van der Waals surface area contributed by atoms with Crippen LogP contribution in [0, 0.1) is 0 Å². The van der Waals surface area contributed by atoms with E-state index in [0.29, 0.717) is 89.5 Å². The highest BCUT2D eigenvalue weighted by Crippen LogP contribution is 2.29. The van der Waals surface area contributed by atoms with Crippen LogP contribution in [0.2, 0.25) is 0 Å². The van der Waals surface area contributed by atoms with Gasteiger partial charge in [-0.05, 0) is 253 Å². The van der Waals surface area contributed by atoms with Crippen LogP contribution in [0.3, 0.4) is 0 Å². The van der Waals surface area contributed by atoms with E-state index in [-0.39, 0.29) is 49.3 Å². The Kier molecular flexibility index (Phi) is 65.5. The fraction of sp³-hybridized carbons (Fsp3) is 0.422. The fourth-order valence-corrected chi connectivity index (χ4v) is 14.1. The van der Waals surface area contributed by atoms with Crippen molar-refractivity contribution in [2.75, 3.05) is 39.3 Å². The molecule has 7 aromatic rings. The van der Waals surface area contributed by atoms with Gasteiger partial charge < -0.3 is 76.7 Å². The molecule has 0 radical (unpaired) electrons. The lowest BCUT2D eigenvalue weighted by atomic mass is 9.87. The molecule has 3 amide bonds. The molecule has 0 aromatic heterocycles. The number of rotatable bonds is 36. The standard InChI is InChI=1S/C20H28N2O3.C20H29NO4.2C15H21NO2.C15H19NO.C11H13NO.C11H12O.C9H17NO2.ClH2NO/c1-5-16(13-15-9-7-6-8-10-15)18-14-17(25-22-18)11-12-21-19(23)24-20(2,3)4;1-5-16(13-15-9-7-6-8-10-15)18(23)14-17(22)11-12-21-19(24)25-20(2,3)4;1-2-13(10-12-6-4-3-5-7-12)15(18)11-14(17)8-9-16-15;1-2-13(10-12-6-4-3-5-7-12)15(18)11-14(17)8-9-16;1-2-13(10-12-6-4-3-5-7-12)15-11-14(17)8-9-16-15;1-2-10(9-12-13)8-11-6-4-3-5-7-11;1-2-10(9-12)8-11-6-4-3-5-7-11;1-5-6-7-10-8(11)12-9(2,3)4;1-2-3/h5-10,17H,11-14H2,1-4H3,(H,21,23);5-10,17,22H,11-14H2,1-4H3,(H,21,24);2-7,14,16-18H,8-11H2,1H3;2-7,14,17H,8-11,16H2,1H3;2-7,14,17H,8-11H2,1H3;2-7,9,13H,8H2,1H3;2-7,9H,8H2,1H3;5H,1,6-7H2,2-4H3,(H,10,11);2-3H/b;;;;;10-2?,12-9+;;;. The van der Waals surface area contributed by atoms with Crippen molar-refractivity contribution in [2.45, 2.75) is 279 Å². The molecule has 143 heavy (non-hydrogen) atoms. The smallest absolute Gasteiger partial charge is 0.407 e. The molecule has 780 valence electrons. The van der Waals surface area contributed by atoms with E-state index in [1.54, 1.807) is 32.9 Å². The number of ketones is 2. The lowest BCUT2D eigenvalue weighted by Gasteiger charge is -2.38. The van der Waals surface area contributed by atoms with E-state index in [4.69, 9.17) is 35.2 Å². The molecule has 7 aromatic carbocycles. The summed E-state index contributed by atoms with van der Waals surface area (Å²) in [5, 5.41) is 83.5. The van der Waals surface area contributed by atoms with Gasteiger partial charge in [0.2, 0.25) is 0 Å². The zero-order valence-electron chi connectivity index (χ0n) is 87.1. The van der Waals surface area contributed by atoms with Crippen molar-refractivity contribution >= 4 is 65.5 Å². The van der Waals surface area contributed by atoms with Crippen LogP contribution in [0.25, 0.3) is 0 Å². The van der Waals surface area contributed by atoms with Gasteiger partial charge in [-0.2, -0.15) is 0 Å². The van der Waals surface area contributed by atoms with Crippen LogP contribution in [-0.4, -0.2) is 182 Å². The van der Waals surface area contributed by atoms with E-state index in [2.05, 4.69) is 116 Å². The summed E-state index contributed by atoms with van der Waals surface area (Å²) in [6.45, 7) is 36.6. The van der Waals surface area contributed by atoms with Gasteiger partial charge in [0, 0.05) is 108 Å². The van der Waals surface area contributed by atoms with Gasteiger partial charge in [-0.25, -0.2) is 14.4 Å². The number of carbonyl (C=O) groups excluding carboxylic acids is 6. The Labute approximate surface area is 855 Å². The topological polar surface area (TPSA) is 404 Å². The number of ether oxygens (including phenoxy) is 3.